The molecule has 29 heavy (non-hydrogen) atoms. The monoisotopic (exact) mass is 396 g/mol. The predicted molar refractivity (Wildman–Crippen MR) is 111 cm³/mol. The molecule has 2 aromatic rings. The number of hydrogen-bond donors (Lipinski definition) is 1. The summed E-state index contributed by atoms with van der Waals surface area (Å²) in [5.74, 6) is 2.16. The van der Waals surface area contributed by atoms with Gasteiger partial charge < -0.3 is 14.6 Å². The van der Waals surface area contributed by atoms with Gasteiger partial charge in [-0.15, -0.1) is 0 Å². The molecule has 0 unspecified atom stereocenters. The molecule has 2 saturated heterocycles. The highest BCUT2D eigenvalue weighted by Gasteiger charge is 2.53. The Morgan fingerprint density at radius 2 is 1.69 bits per heavy atom. The van der Waals surface area contributed by atoms with Crippen LogP contribution in [0.3, 0.4) is 0 Å². The van der Waals surface area contributed by atoms with Crippen LogP contribution in [0.2, 0.25) is 0 Å². The van der Waals surface area contributed by atoms with E-state index in [0.29, 0.717) is 0 Å². The molecule has 2 atom stereocenters. The normalized spacial score (nSPS) is 30.5. The Hall–Kier alpha value is -1.99. The first kappa shape index (κ1) is 19.0. The van der Waals surface area contributed by atoms with Crippen molar-refractivity contribution in [1.29, 1.82) is 0 Å². The van der Waals surface area contributed by atoms with E-state index in [2.05, 4.69) is 24.8 Å². The van der Waals surface area contributed by atoms with Gasteiger partial charge in [-0.1, -0.05) is 6.42 Å². The van der Waals surface area contributed by atoms with Crippen molar-refractivity contribution < 1.29 is 5.11 Å². The van der Waals surface area contributed by atoms with Gasteiger partial charge in [-0.25, -0.2) is 15.0 Å². The lowest BCUT2D eigenvalue weighted by atomic mass is 9.65. The van der Waals surface area contributed by atoms with Gasteiger partial charge in [0, 0.05) is 82.0 Å². The molecule has 3 aliphatic rings. The third-order valence-corrected chi connectivity index (χ3v) is 7.22. The van der Waals surface area contributed by atoms with Crippen LogP contribution in [0, 0.1) is 11.8 Å². The minimum atomic E-state index is -0.804. The van der Waals surface area contributed by atoms with Crippen molar-refractivity contribution in [1.82, 2.24) is 24.4 Å². The maximum Gasteiger partial charge on any atom is 0.225 e. The van der Waals surface area contributed by atoms with E-state index in [0.717, 1.165) is 62.9 Å². The van der Waals surface area contributed by atoms with Crippen molar-refractivity contribution in [2.24, 2.45) is 18.9 Å². The topological polar surface area (TPSA) is 70.3 Å². The van der Waals surface area contributed by atoms with Gasteiger partial charge in [0.2, 0.25) is 5.95 Å². The van der Waals surface area contributed by atoms with Crippen molar-refractivity contribution in [2.75, 3.05) is 31.1 Å². The third kappa shape index (κ3) is 3.44. The Morgan fingerprint density at radius 1 is 1.00 bits per heavy atom. The summed E-state index contributed by atoms with van der Waals surface area (Å²) in [4.78, 5) is 18.6. The van der Waals surface area contributed by atoms with Crippen LogP contribution in [0.4, 0.5) is 5.95 Å². The van der Waals surface area contributed by atoms with Crippen LogP contribution in [0.1, 0.15) is 49.9 Å². The number of nitrogens with zero attached hydrogens (tertiary/aromatic N) is 6. The molecule has 3 fully saturated rings. The van der Waals surface area contributed by atoms with Crippen molar-refractivity contribution >= 4 is 5.95 Å². The fourth-order valence-corrected chi connectivity index (χ4v) is 5.73. The molecule has 0 radical (unpaired) electrons. The van der Waals surface area contributed by atoms with Crippen molar-refractivity contribution in [3.63, 3.8) is 0 Å². The fraction of sp³-hybridized carbons (Fsp3) is 0.682. The minimum Gasteiger partial charge on any atom is -0.381 e. The molecule has 7 heteroatoms. The Morgan fingerprint density at radius 3 is 2.31 bits per heavy atom. The van der Waals surface area contributed by atoms with E-state index in [1.165, 1.54) is 25.7 Å². The summed E-state index contributed by atoms with van der Waals surface area (Å²) in [6.45, 7) is 4.78. The summed E-state index contributed by atoms with van der Waals surface area (Å²) in [6.07, 6.45) is 14.8. The first-order chi connectivity index (χ1) is 14.1. The standard InChI is InChI=1S/C22H32N6O/c1-26-11-8-23-20(26)22(29)18-6-5-7-19(22)16-27(15-18)14-17-12-24-21(25-13-17)28-9-3-2-4-10-28/h8,11-13,18-19,29H,2-7,9-10,14-16H2,1H3/t18-,19-/m1/s1. The zero-order valence-corrected chi connectivity index (χ0v) is 17.4. The molecule has 156 valence electrons. The maximum atomic E-state index is 11.7. The van der Waals surface area contributed by atoms with Gasteiger partial charge in [-0.3, -0.25) is 4.90 Å². The number of fused-ring (bicyclic) bond motifs is 2. The largest absolute Gasteiger partial charge is 0.381 e. The molecule has 1 aliphatic carbocycles. The van der Waals surface area contributed by atoms with Crippen molar-refractivity contribution in [3.8, 4) is 0 Å². The molecular formula is C22H32N6O. The average molecular weight is 397 g/mol. The highest BCUT2D eigenvalue weighted by molar-refractivity contribution is 5.30. The van der Waals surface area contributed by atoms with Crippen LogP contribution in [0.25, 0.3) is 0 Å². The molecule has 1 N–H and O–H groups in total. The first-order valence-corrected chi connectivity index (χ1v) is 11.1. The number of likely N-dealkylation sites (tertiary alicyclic amines) is 1. The van der Waals surface area contributed by atoms with E-state index in [-0.39, 0.29) is 11.8 Å². The molecular weight excluding hydrogens is 364 g/mol. The Labute approximate surface area is 172 Å². The molecule has 7 nitrogen and oxygen atoms in total. The zero-order chi connectivity index (χ0) is 19.8. The van der Waals surface area contributed by atoms with Crippen LogP contribution < -0.4 is 4.90 Å². The molecule has 0 amide bonds. The Bertz CT molecular complexity index is 814. The van der Waals surface area contributed by atoms with E-state index in [1.54, 1.807) is 6.20 Å². The number of aryl methyl sites for hydroxylation is 1. The van der Waals surface area contributed by atoms with E-state index in [4.69, 9.17) is 0 Å². The quantitative estimate of drug-likeness (QED) is 0.855. The second kappa shape index (κ2) is 7.69. The van der Waals surface area contributed by atoms with Gasteiger partial charge >= 0.3 is 0 Å². The fourth-order valence-electron chi connectivity index (χ4n) is 5.73. The molecule has 0 spiro atoms. The van der Waals surface area contributed by atoms with Gasteiger partial charge in [0.15, 0.2) is 0 Å². The Kier molecular flexibility index (Phi) is 5.04. The zero-order valence-electron chi connectivity index (χ0n) is 17.4. The molecule has 1 saturated carbocycles. The lowest BCUT2D eigenvalue weighted by Gasteiger charge is -2.52. The van der Waals surface area contributed by atoms with Crippen molar-refractivity contribution in [3.05, 3.63) is 36.2 Å². The van der Waals surface area contributed by atoms with Gasteiger partial charge in [-0.2, -0.15) is 0 Å². The average Bonchev–Trinajstić information content (AvgIpc) is 3.17. The van der Waals surface area contributed by atoms with Crippen LogP contribution in [-0.2, 0) is 19.2 Å². The summed E-state index contributed by atoms with van der Waals surface area (Å²) in [6, 6.07) is 0. The summed E-state index contributed by atoms with van der Waals surface area (Å²) in [5.41, 5.74) is 0.355. The highest BCUT2D eigenvalue weighted by Crippen LogP contribution is 2.48. The Balaban J connectivity index is 1.29. The van der Waals surface area contributed by atoms with Crippen LogP contribution in [0.5, 0.6) is 0 Å². The smallest absolute Gasteiger partial charge is 0.225 e. The van der Waals surface area contributed by atoms with Gasteiger partial charge in [0.25, 0.3) is 0 Å². The number of aliphatic hydroxyl groups is 1. The van der Waals surface area contributed by atoms with Crippen LogP contribution in [-0.4, -0.2) is 55.7 Å². The van der Waals surface area contributed by atoms with Crippen molar-refractivity contribution in [2.45, 2.75) is 50.7 Å². The molecule has 2 aromatic heterocycles. The number of hydrogen-bond acceptors (Lipinski definition) is 6. The molecule has 2 aliphatic heterocycles. The highest BCUT2D eigenvalue weighted by atomic mass is 16.3. The number of piperidine rings is 2. The summed E-state index contributed by atoms with van der Waals surface area (Å²) in [5, 5.41) is 11.7. The minimum absolute atomic E-state index is 0.227. The maximum absolute atomic E-state index is 11.7. The molecule has 4 heterocycles. The second-order valence-corrected chi connectivity index (χ2v) is 9.14. The van der Waals surface area contributed by atoms with Gasteiger partial charge in [-0.05, 0) is 32.1 Å². The van der Waals surface area contributed by atoms with E-state index in [1.807, 2.05) is 30.2 Å². The summed E-state index contributed by atoms with van der Waals surface area (Å²) >= 11 is 0. The van der Waals surface area contributed by atoms with E-state index < -0.39 is 5.60 Å². The van der Waals surface area contributed by atoms with E-state index in [9.17, 15) is 5.11 Å². The lowest BCUT2D eigenvalue weighted by Crippen LogP contribution is -2.58. The number of imidazole rings is 1. The summed E-state index contributed by atoms with van der Waals surface area (Å²) in [7, 11) is 1.99. The molecule has 5 rings (SSSR count). The molecule has 2 bridgehead atoms. The number of anilines is 1. The van der Waals surface area contributed by atoms with Crippen LogP contribution in [0.15, 0.2) is 24.8 Å². The first-order valence-electron chi connectivity index (χ1n) is 11.1. The second-order valence-electron chi connectivity index (χ2n) is 9.14. The predicted octanol–water partition coefficient (Wildman–Crippen LogP) is 2.32. The lowest BCUT2D eigenvalue weighted by molar-refractivity contribution is -0.155. The molecule has 0 aromatic carbocycles. The third-order valence-electron chi connectivity index (χ3n) is 7.22. The SMILES string of the molecule is Cn1ccnc1C1(O)[C@@H]2CCC[C@@H]1CN(Cc1cnc(N3CCCCC3)nc1)C2. The van der Waals surface area contributed by atoms with Gasteiger partial charge in [0.05, 0.1) is 0 Å². The number of aromatic nitrogens is 4. The van der Waals surface area contributed by atoms with E-state index >= 15 is 0 Å². The summed E-state index contributed by atoms with van der Waals surface area (Å²) < 4.78 is 1.99. The number of rotatable bonds is 4. The van der Waals surface area contributed by atoms with Gasteiger partial charge in [0.1, 0.15) is 11.4 Å². The van der Waals surface area contributed by atoms with Crippen LogP contribution >= 0.6 is 0 Å².